The van der Waals surface area contributed by atoms with Crippen LogP contribution in [0, 0.1) is 23.2 Å². The number of aliphatic hydroxyl groups is 1. The van der Waals surface area contributed by atoms with E-state index in [1.54, 1.807) is 10.9 Å². The maximum absolute atomic E-state index is 9.25. The number of aromatic nitrogens is 4. The van der Waals surface area contributed by atoms with E-state index in [4.69, 9.17) is 5.73 Å². The van der Waals surface area contributed by atoms with E-state index in [1.807, 2.05) is 0 Å². The number of hydrogen-bond donors (Lipinski definition) is 2. The molecule has 3 rings (SSSR count). The van der Waals surface area contributed by atoms with Crippen molar-refractivity contribution >= 4 is 17.0 Å². The molecule has 19 heavy (non-hydrogen) atoms. The zero-order valence-corrected chi connectivity index (χ0v) is 10.1. The highest BCUT2D eigenvalue weighted by atomic mass is 16.3. The Morgan fingerprint density at radius 1 is 1.47 bits per heavy atom. The van der Waals surface area contributed by atoms with Gasteiger partial charge in [0.15, 0.2) is 11.5 Å². The van der Waals surface area contributed by atoms with Crippen LogP contribution in [0.5, 0.6) is 0 Å². The smallest absolute Gasteiger partial charge is 0.166 e. The summed E-state index contributed by atoms with van der Waals surface area (Å²) < 4.78 is 1.77. The van der Waals surface area contributed by atoms with Crippen LogP contribution in [0.15, 0.2) is 24.8 Å². The third-order valence-corrected chi connectivity index (χ3v) is 3.66. The number of fused-ring (bicyclic) bond motifs is 1. The molecule has 1 saturated carbocycles. The minimum atomic E-state index is -0.328. The first kappa shape index (κ1) is 11.6. The molecule has 1 aliphatic rings. The molecule has 0 bridgehead atoms. The van der Waals surface area contributed by atoms with E-state index in [-0.39, 0.29) is 24.5 Å². The average molecular weight is 256 g/mol. The summed E-state index contributed by atoms with van der Waals surface area (Å²) in [5, 5.41) is 18.5. The molecule has 96 valence electrons. The zero-order chi connectivity index (χ0) is 13.6. The number of imidazole rings is 1. The summed E-state index contributed by atoms with van der Waals surface area (Å²) in [5.41, 5.74) is 7.63. The number of anilines is 1. The minimum absolute atomic E-state index is 0.0721. The Hall–Kier alpha value is -2.46. The average Bonchev–Trinajstić information content (AvgIpc) is 2.81. The van der Waals surface area contributed by atoms with Crippen LogP contribution in [-0.2, 0) is 0 Å². The first-order chi connectivity index (χ1) is 9.19. The highest BCUT2D eigenvalue weighted by molar-refractivity contribution is 5.81. The molecule has 0 aliphatic heterocycles. The highest BCUT2D eigenvalue weighted by Crippen LogP contribution is 2.48. The Kier molecular flexibility index (Phi) is 2.47. The topological polar surface area (TPSA) is 114 Å². The maximum Gasteiger partial charge on any atom is 0.166 e. The molecular weight excluding hydrogens is 244 g/mol. The third kappa shape index (κ3) is 1.44. The van der Waals surface area contributed by atoms with Gasteiger partial charge in [0.05, 0.1) is 31.0 Å². The van der Waals surface area contributed by atoms with Gasteiger partial charge in [-0.2, -0.15) is 5.26 Å². The van der Waals surface area contributed by atoms with Crippen LogP contribution in [0.1, 0.15) is 6.04 Å². The van der Waals surface area contributed by atoms with Gasteiger partial charge in [0.25, 0.3) is 0 Å². The molecule has 0 amide bonds. The van der Waals surface area contributed by atoms with Gasteiger partial charge in [-0.05, 0) is 5.57 Å². The molecule has 3 atom stereocenters. The number of nitrogens with zero attached hydrogens (tertiary/aromatic N) is 5. The molecule has 0 radical (unpaired) electrons. The van der Waals surface area contributed by atoms with E-state index in [0.29, 0.717) is 17.0 Å². The normalized spacial score (nSPS) is 26.1. The van der Waals surface area contributed by atoms with Crippen LogP contribution in [0.25, 0.3) is 11.2 Å². The van der Waals surface area contributed by atoms with Crippen molar-refractivity contribution in [1.82, 2.24) is 19.5 Å². The van der Waals surface area contributed by atoms with Crippen LogP contribution >= 0.6 is 0 Å². The monoisotopic (exact) mass is 256 g/mol. The molecule has 7 nitrogen and oxygen atoms in total. The van der Waals surface area contributed by atoms with Gasteiger partial charge < -0.3 is 15.4 Å². The van der Waals surface area contributed by atoms with Crippen molar-refractivity contribution in [3.63, 3.8) is 0 Å². The van der Waals surface area contributed by atoms with Crippen molar-refractivity contribution in [1.29, 1.82) is 5.26 Å². The molecule has 0 unspecified atom stereocenters. The Balaban J connectivity index is 2.09. The van der Waals surface area contributed by atoms with E-state index >= 15 is 0 Å². The summed E-state index contributed by atoms with van der Waals surface area (Å²) in [6.45, 7) is 3.87. The van der Waals surface area contributed by atoms with Crippen LogP contribution in [0.3, 0.4) is 0 Å². The first-order valence-electron chi connectivity index (χ1n) is 5.81. The van der Waals surface area contributed by atoms with Gasteiger partial charge in [0.1, 0.15) is 11.8 Å². The number of nitrogen functional groups attached to an aromatic ring is 1. The Bertz CT molecular complexity index is 700. The molecular formula is C12H12N6O. The standard InChI is InChI=1S/C12H12N6O/c1-6-8(3-19)7(2-13)10(6)18-5-17-9-11(14)15-4-16-12(9)18/h4-5,7-8,10,19H,1,3H2,(H2,14,15,16)/t7-,8+,10-/m1/s1. The predicted molar refractivity (Wildman–Crippen MR) is 67.6 cm³/mol. The van der Waals surface area contributed by atoms with Gasteiger partial charge in [-0.3, -0.25) is 0 Å². The van der Waals surface area contributed by atoms with Crippen LogP contribution < -0.4 is 5.73 Å². The van der Waals surface area contributed by atoms with Crippen LogP contribution in [0.4, 0.5) is 5.82 Å². The predicted octanol–water partition coefficient (Wildman–Crippen LogP) is 0.268. The molecule has 3 N–H and O–H groups in total. The molecule has 0 saturated heterocycles. The van der Waals surface area contributed by atoms with Gasteiger partial charge in [-0.25, -0.2) is 15.0 Å². The van der Waals surface area contributed by atoms with Gasteiger partial charge in [-0.1, -0.05) is 6.58 Å². The molecule has 7 heteroatoms. The number of nitrogens with two attached hydrogens (primary N) is 1. The van der Waals surface area contributed by atoms with Crippen molar-refractivity contribution in [2.75, 3.05) is 12.3 Å². The highest BCUT2D eigenvalue weighted by Gasteiger charge is 2.46. The maximum atomic E-state index is 9.25. The van der Waals surface area contributed by atoms with E-state index in [9.17, 15) is 10.4 Å². The lowest BCUT2D eigenvalue weighted by Crippen LogP contribution is -2.41. The Morgan fingerprint density at radius 2 is 2.26 bits per heavy atom. The van der Waals surface area contributed by atoms with Crippen molar-refractivity contribution in [2.24, 2.45) is 11.8 Å². The molecule has 2 aromatic heterocycles. The minimum Gasteiger partial charge on any atom is -0.396 e. The Morgan fingerprint density at radius 3 is 2.95 bits per heavy atom. The number of nitriles is 1. The number of aliphatic hydroxyl groups excluding tert-OH is 1. The number of hydrogen-bond acceptors (Lipinski definition) is 6. The fraction of sp³-hybridized carbons (Fsp3) is 0.333. The molecule has 0 aromatic carbocycles. The summed E-state index contributed by atoms with van der Waals surface area (Å²) in [5.74, 6) is -0.210. The van der Waals surface area contributed by atoms with Crippen molar-refractivity contribution in [3.05, 3.63) is 24.8 Å². The second-order valence-electron chi connectivity index (χ2n) is 4.55. The van der Waals surface area contributed by atoms with Gasteiger partial charge in [-0.15, -0.1) is 0 Å². The summed E-state index contributed by atoms with van der Waals surface area (Å²) in [4.78, 5) is 12.2. The summed E-state index contributed by atoms with van der Waals surface area (Å²) in [6, 6.07) is 1.99. The van der Waals surface area contributed by atoms with E-state index < -0.39 is 0 Å². The van der Waals surface area contributed by atoms with Gasteiger partial charge in [0.2, 0.25) is 0 Å². The SMILES string of the molecule is C=C1[C@@H](n2cnc3c(N)ncnc32)[C@H](C#N)[C@H]1CO. The summed E-state index contributed by atoms with van der Waals surface area (Å²) in [6.07, 6.45) is 2.95. The lowest BCUT2D eigenvalue weighted by Gasteiger charge is -2.42. The molecule has 0 spiro atoms. The van der Waals surface area contributed by atoms with Gasteiger partial charge >= 0.3 is 0 Å². The molecule has 2 heterocycles. The van der Waals surface area contributed by atoms with Crippen LogP contribution in [0.2, 0.25) is 0 Å². The fourth-order valence-corrected chi connectivity index (χ4v) is 2.60. The van der Waals surface area contributed by atoms with Crippen molar-refractivity contribution < 1.29 is 5.11 Å². The zero-order valence-electron chi connectivity index (χ0n) is 10.1. The molecule has 1 aliphatic carbocycles. The third-order valence-electron chi connectivity index (χ3n) is 3.66. The van der Waals surface area contributed by atoms with Crippen molar-refractivity contribution in [2.45, 2.75) is 6.04 Å². The van der Waals surface area contributed by atoms with E-state index in [2.05, 4.69) is 27.6 Å². The fourth-order valence-electron chi connectivity index (χ4n) is 2.60. The second kappa shape index (κ2) is 4.03. The van der Waals surface area contributed by atoms with E-state index in [1.165, 1.54) is 6.33 Å². The lowest BCUT2D eigenvalue weighted by atomic mass is 9.66. The van der Waals surface area contributed by atoms with Crippen molar-refractivity contribution in [3.8, 4) is 6.07 Å². The summed E-state index contributed by atoms with van der Waals surface area (Å²) in [7, 11) is 0. The second-order valence-corrected chi connectivity index (χ2v) is 4.55. The largest absolute Gasteiger partial charge is 0.396 e. The van der Waals surface area contributed by atoms with Crippen LogP contribution in [-0.4, -0.2) is 31.2 Å². The first-order valence-corrected chi connectivity index (χ1v) is 5.81. The van der Waals surface area contributed by atoms with Gasteiger partial charge in [0, 0.05) is 5.92 Å². The van der Waals surface area contributed by atoms with E-state index in [0.717, 1.165) is 5.57 Å². The number of rotatable bonds is 2. The quantitative estimate of drug-likeness (QED) is 0.745. The summed E-state index contributed by atoms with van der Waals surface area (Å²) >= 11 is 0. The molecule has 2 aromatic rings. The lowest BCUT2D eigenvalue weighted by molar-refractivity contribution is 0.138. The molecule has 1 fully saturated rings. The Labute approximate surface area is 109 Å².